The molecule has 0 atom stereocenters. The van der Waals surface area contributed by atoms with Gasteiger partial charge in [-0.15, -0.1) is 13.2 Å². The molecular formula is C23H24BF3N2O2. The molecule has 1 aliphatic heterocycles. The summed E-state index contributed by atoms with van der Waals surface area (Å²) in [5.74, 6) is -0.417. The molecule has 3 rings (SSSR count). The molecular weight excluding hydrogens is 404 g/mol. The third-order valence-corrected chi connectivity index (χ3v) is 5.45. The van der Waals surface area contributed by atoms with Crippen LogP contribution in [-0.2, 0) is 0 Å². The molecule has 0 bridgehead atoms. The normalized spacial score (nSPS) is 14.2. The predicted octanol–water partition coefficient (Wildman–Crippen LogP) is 5.16. The first-order valence-corrected chi connectivity index (χ1v) is 10.00. The molecule has 1 heterocycles. The monoisotopic (exact) mass is 428 g/mol. The molecule has 4 nitrogen and oxygen atoms in total. The topological polar surface area (TPSA) is 41.6 Å². The summed E-state index contributed by atoms with van der Waals surface area (Å²) in [5.41, 5.74) is 3.72. The number of ether oxygens (including phenoxy) is 1. The summed E-state index contributed by atoms with van der Waals surface area (Å²) in [4.78, 5) is 14.6. The van der Waals surface area contributed by atoms with Crippen molar-refractivity contribution in [1.82, 2.24) is 10.2 Å². The maximum Gasteiger partial charge on any atom is 0.573 e. The zero-order valence-electron chi connectivity index (χ0n) is 17.3. The zero-order chi connectivity index (χ0) is 22.6. The largest absolute Gasteiger partial charge is 0.573 e. The summed E-state index contributed by atoms with van der Waals surface area (Å²) in [5, 5.41) is 2.93. The molecule has 0 aliphatic carbocycles. The van der Waals surface area contributed by atoms with Crippen molar-refractivity contribution < 1.29 is 22.7 Å². The van der Waals surface area contributed by atoms with Gasteiger partial charge in [0.25, 0.3) is 5.91 Å². The van der Waals surface area contributed by atoms with Gasteiger partial charge in [-0.2, -0.15) is 0 Å². The lowest BCUT2D eigenvalue weighted by Crippen LogP contribution is -2.41. The summed E-state index contributed by atoms with van der Waals surface area (Å²) >= 11 is 0. The lowest BCUT2D eigenvalue weighted by atomic mass is 9.41. The van der Waals surface area contributed by atoms with E-state index in [1.165, 1.54) is 12.1 Å². The highest BCUT2D eigenvalue weighted by Gasteiger charge is 2.31. The van der Waals surface area contributed by atoms with Crippen LogP contribution in [0.1, 0.15) is 21.5 Å². The number of hydrogen-bond acceptors (Lipinski definition) is 3. The Morgan fingerprint density at radius 3 is 2.26 bits per heavy atom. The standard InChI is InChI=1S/C23H24BF3N2O2/c1-16-6-4-5-7-21(16)22(30)28-18(3)24-12-14-29(15-13-24)17(2)19-8-10-20(11-9-19)31-23(25,26)27/h4-11H,2-3,12-15H2,1H3,(H,28,30). The van der Waals surface area contributed by atoms with E-state index in [0.29, 0.717) is 24.2 Å². The Morgan fingerprint density at radius 1 is 1.06 bits per heavy atom. The Morgan fingerprint density at radius 2 is 1.68 bits per heavy atom. The van der Waals surface area contributed by atoms with E-state index in [2.05, 4.69) is 28.1 Å². The molecule has 0 unspecified atom stereocenters. The number of rotatable bonds is 6. The number of amides is 1. The van der Waals surface area contributed by atoms with Gasteiger partial charge in [-0.05, 0) is 54.0 Å². The number of aryl methyl sites for hydroxylation is 1. The van der Waals surface area contributed by atoms with Gasteiger partial charge in [0.15, 0.2) is 6.71 Å². The summed E-state index contributed by atoms with van der Waals surface area (Å²) < 4.78 is 40.8. The van der Waals surface area contributed by atoms with E-state index in [4.69, 9.17) is 0 Å². The average Bonchev–Trinajstić information content (AvgIpc) is 2.73. The molecule has 1 aliphatic rings. The Labute approximate surface area is 180 Å². The number of carbonyl (C=O) groups excluding carboxylic acids is 1. The Balaban J connectivity index is 1.53. The fourth-order valence-electron chi connectivity index (χ4n) is 3.67. The van der Waals surface area contributed by atoms with E-state index >= 15 is 0 Å². The second-order valence-corrected chi connectivity index (χ2v) is 7.57. The first-order chi connectivity index (χ1) is 14.6. The van der Waals surface area contributed by atoms with Crippen LogP contribution in [0.2, 0.25) is 12.6 Å². The smallest absolute Gasteiger partial charge is 0.406 e. The lowest BCUT2D eigenvalue weighted by molar-refractivity contribution is -0.274. The van der Waals surface area contributed by atoms with E-state index in [9.17, 15) is 18.0 Å². The molecule has 162 valence electrons. The van der Waals surface area contributed by atoms with Gasteiger partial charge >= 0.3 is 6.36 Å². The fourth-order valence-corrected chi connectivity index (χ4v) is 3.67. The SMILES string of the molecule is C=C(NC(=O)c1ccccc1C)B1CCN(C(=C)c2ccc(OC(F)(F)F)cc2)CC1. The van der Waals surface area contributed by atoms with Crippen LogP contribution >= 0.6 is 0 Å². The number of alkyl halides is 3. The molecule has 1 fully saturated rings. The van der Waals surface area contributed by atoms with Crippen molar-refractivity contribution >= 4 is 18.3 Å². The van der Waals surface area contributed by atoms with E-state index in [-0.39, 0.29) is 18.4 Å². The predicted molar refractivity (Wildman–Crippen MR) is 117 cm³/mol. The number of hydrogen-bond donors (Lipinski definition) is 1. The van der Waals surface area contributed by atoms with Crippen molar-refractivity contribution in [3.8, 4) is 5.75 Å². The minimum atomic E-state index is -4.71. The molecule has 0 aromatic heterocycles. The van der Waals surface area contributed by atoms with Crippen LogP contribution in [0, 0.1) is 6.92 Å². The first kappa shape index (κ1) is 22.5. The average molecular weight is 428 g/mol. The number of halogens is 3. The maximum atomic E-state index is 12.5. The quantitative estimate of drug-likeness (QED) is 0.647. The summed E-state index contributed by atoms with van der Waals surface area (Å²) in [6, 6.07) is 13.1. The molecule has 2 aromatic rings. The van der Waals surface area contributed by atoms with Gasteiger partial charge in [0.05, 0.1) is 0 Å². The number of benzene rings is 2. The third-order valence-electron chi connectivity index (χ3n) is 5.45. The Hall–Kier alpha value is -3.16. The first-order valence-electron chi connectivity index (χ1n) is 10.00. The molecule has 2 aromatic carbocycles. The van der Waals surface area contributed by atoms with E-state index in [0.717, 1.165) is 29.5 Å². The minimum absolute atomic E-state index is 0.152. The fraction of sp³-hybridized carbons (Fsp3) is 0.261. The van der Waals surface area contributed by atoms with Crippen molar-refractivity contribution in [2.24, 2.45) is 0 Å². The van der Waals surface area contributed by atoms with Gasteiger partial charge in [0.2, 0.25) is 0 Å². The van der Waals surface area contributed by atoms with Gasteiger partial charge < -0.3 is 15.0 Å². The highest BCUT2D eigenvalue weighted by Crippen LogP contribution is 2.28. The van der Waals surface area contributed by atoms with Crippen LogP contribution in [-0.4, -0.2) is 37.0 Å². The van der Waals surface area contributed by atoms with Gasteiger partial charge in [0, 0.05) is 24.4 Å². The Kier molecular flexibility index (Phi) is 6.78. The molecule has 8 heteroatoms. The van der Waals surface area contributed by atoms with Crippen LogP contribution in [0.15, 0.2) is 67.3 Å². The number of carbonyl (C=O) groups is 1. The van der Waals surface area contributed by atoms with Gasteiger partial charge in [-0.3, -0.25) is 4.79 Å². The molecule has 0 saturated carbocycles. The maximum absolute atomic E-state index is 12.5. The third kappa shape index (κ3) is 5.93. The number of nitrogens with zero attached hydrogens (tertiary/aromatic N) is 1. The zero-order valence-corrected chi connectivity index (χ0v) is 17.3. The molecule has 0 radical (unpaired) electrons. The highest BCUT2D eigenvalue weighted by atomic mass is 19.4. The molecule has 31 heavy (non-hydrogen) atoms. The minimum Gasteiger partial charge on any atom is -0.406 e. The van der Waals surface area contributed by atoms with Gasteiger partial charge in [-0.25, -0.2) is 0 Å². The van der Waals surface area contributed by atoms with Gasteiger partial charge in [-0.1, -0.05) is 44.0 Å². The van der Waals surface area contributed by atoms with E-state index in [1.54, 1.807) is 18.2 Å². The van der Waals surface area contributed by atoms with Crippen LogP contribution < -0.4 is 10.1 Å². The van der Waals surface area contributed by atoms with Crippen molar-refractivity contribution in [1.29, 1.82) is 0 Å². The van der Waals surface area contributed by atoms with Crippen molar-refractivity contribution in [2.75, 3.05) is 13.1 Å². The van der Waals surface area contributed by atoms with Crippen molar-refractivity contribution in [3.63, 3.8) is 0 Å². The summed E-state index contributed by atoms with van der Waals surface area (Å²) in [6.45, 7) is 11.6. The van der Waals surface area contributed by atoms with Gasteiger partial charge in [0.1, 0.15) is 5.75 Å². The molecule has 0 spiro atoms. The van der Waals surface area contributed by atoms with Crippen LogP contribution in [0.4, 0.5) is 13.2 Å². The molecule has 1 amide bonds. The van der Waals surface area contributed by atoms with Crippen LogP contribution in [0.25, 0.3) is 5.70 Å². The van der Waals surface area contributed by atoms with Crippen molar-refractivity contribution in [3.05, 3.63) is 84.0 Å². The molecule has 1 N–H and O–H groups in total. The number of nitrogens with one attached hydrogen (secondary N) is 1. The van der Waals surface area contributed by atoms with E-state index < -0.39 is 6.36 Å². The lowest BCUT2D eigenvalue weighted by Gasteiger charge is -2.34. The molecule has 1 saturated heterocycles. The summed E-state index contributed by atoms with van der Waals surface area (Å²) in [7, 11) is 0. The van der Waals surface area contributed by atoms with Crippen LogP contribution in [0.3, 0.4) is 0 Å². The second-order valence-electron chi connectivity index (χ2n) is 7.57. The summed E-state index contributed by atoms with van der Waals surface area (Å²) in [6.07, 6.45) is -3.13. The van der Waals surface area contributed by atoms with E-state index in [1.807, 2.05) is 25.1 Å². The van der Waals surface area contributed by atoms with Crippen molar-refractivity contribution in [2.45, 2.75) is 25.9 Å². The van der Waals surface area contributed by atoms with Crippen LogP contribution in [0.5, 0.6) is 5.75 Å². The second kappa shape index (κ2) is 9.33. The highest BCUT2D eigenvalue weighted by molar-refractivity contribution is 6.67. The Bertz CT molecular complexity index is 966.